The van der Waals surface area contributed by atoms with Crippen LogP contribution in [0.15, 0.2) is 127 Å². The van der Waals surface area contributed by atoms with Crippen molar-refractivity contribution in [2.45, 2.75) is 0 Å². The van der Waals surface area contributed by atoms with Gasteiger partial charge in [-0.2, -0.15) is 0 Å². The Balaban J connectivity index is 1.68. The molecule has 1 N–H and O–H groups in total. The Morgan fingerprint density at radius 2 is 1.25 bits per heavy atom. The van der Waals surface area contributed by atoms with Gasteiger partial charge in [-0.3, -0.25) is 0 Å². The highest BCUT2D eigenvalue weighted by Gasteiger charge is 2.15. The Morgan fingerprint density at radius 1 is 0.594 bits per heavy atom. The van der Waals surface area contributed by atoms with Gasteiger partial charge >= 0.3 is 0 Å². The van der Waals surface area contributed by atoms with E-state index in [4.69, 9.17) is 9.60 Å². The van der Waals surface area contributed by atoms with Crippen LogP contribution >= 0.6 is 0 Å². The van der Waals surface area contributed by atoms with Crippen LogP contribution in [0.25, 0.3) is 38.6 Å². The lowest BCUT2D eigenvalue weighted by Crippen LogP contribution is -1.98. The first kappa shape index (κ1) is 12.5. The van der Waals surface area contributed by atoms with Gasteiger partial charge in [0.1, 0.15) is 0 Å². The van der Waals surface area contributed by atoms with Gasteiger partial charge in [-0.1, -0.05) is 90.9 Å². The van der Waals surface area contributed by atoms with E-state index in [2.05, 4.69) is 5.32 Å². The summed E-state index contributed by atoms with van der Waals surface area (Å²) in [7, 11) is 0. The van der Waals surface area contributed by atoms with Gasteiger partial charge in [-0.05, 0) is 47.5 Å². The maximum atomic E-state index is 8.82. The fourth-order valence-corrected chi connectivity index (χ4v) is 4.02. The fraction of sp³-hybridized carbons (Fsp3) is 0. The lowest BCUT2D eigenvalue weighted by molar-refractivity contribution is 1.18. The molecule has 0 radical (unpaired) electrons. The quantitative estimate of drug-likeness (QED) is 0.306. The third-order valence-electron chi connectivity index (χ3n) is 5.49. The first-order valence-electron chi connectivity index (χ1n) is 13.8. The molecule has 2 heteroatoms. The Labute approximate surface area is 197 Å². The molecule has 6 aromatic rings. The van der Waals surface area contributed by atoms with Gasteiger partial charge in [-0.25, -0.2) is 0 Å². The molecule has 0 aliphatic carbocycles. The minimum Gasteiger partial charge on any atom is -0.354 e. The lowest BCUT2D eigenvalue weighted by Gasteiger charge is -2.13. The van der Waals surface area contributed by atoms with Gasteiger partial charge in [0, 0.05) is 22.1 Å². The SMILES string of the molecule is [2H]c1c([2H])c([2H])c2c(c1[2H])c1c([2H])c([2H])c([2H])c(Nc3ccc(-c4ccccc4)cc3)c1n2-c1ccccc1. The highest BCUT2D eigenvalue weighted by Crippen LogP contribution is 2.37. The summed E-state index contributed by atoms with van der Waals surface area (Å²) in [4.78, 5) is 0. The Bertz CT molecular complexity index is 1880. The average Bonchev–Trinajstić information content (AvgIpc) is 3.33. The monoisotopic (exact) mass is 417 g/mol. The standard InChI is InChI=1S/C30H22N2/c1-3-10-22(11-4-1)23-18-20-24(21-19-23)31-28-16-9-15-27-26-14-7-8-17-29(26)32(30(27)28)25-12-5-2-6-13-25/h1-21,31H/i7D,8D,9D,14D,15D,16D,17D. The molecule has 1 aromatic heterocycles. The highest BCUT2D eigenvalue weighted by atomic mass is 15.0. The Kier molecular flexibility index (Phi) is 3.03. The van der Waals surface area contributed by atoms with Crippen LogP contribution < -0.4 is 5.32 Å². The number of nitrogens with zero attached hydrogens (tertiary/aromatic N) is 1. The molecule has 0 aliphatic heterocycles. The molecule has 0 saturated heterocycles. The molecule has 6 rings (SSSR count). The number of benzene rings is 5. The predicted molar refractivity (Wildman–Crippen MR) is 136 cm³/mol. The third-order valence-corrected chi connectivity index (χ3v) is 5.49. The first-order valence-corrected chi connectivity index (χ1v) is 10.3. The molecule has 0 saturated carbocycles. The molecule has 0 spiro atoms. The highest BCUT2D eigenvalue weighted by molar-refractivity contribution is 6.13. The molecule has 1 heterocycles. The van der Waals surface area contributed by atoms with Crippen LogP contribution in [0.3, 0.4) is 0 Å². The molecule has 32 heavy (non-hydrogen) atoms. The summed E-state index contributed by atoms with van der Waals surface area (Å²) in [6.45, 7) is 0. The van der Waals surface area contributed by atoms with Gasteiger partial charge < -0.3 is 9.88 Å². The number of para-hydroxylation sites is 3. The number of anilines is 2. The van der Waals surface area contributed by atoms with Gasteiger partial charge in [-0.15, -0.1) is 0 Å². The first-order chi connectivity index (χ1) is 18.8. The van der Waals surface area contributed by atoms with Crippen molar-refractivity contribution in [2.75, 3.05) is 5.32 Å². The van der Waals surface area contributed by atoms with Crippen molar-refractivity contribution in [2.24, 2.45) is 0 Å². The number of hydrogen-bond donors (Lipinski definition) is 1. The summed E-state index contributed by atoms with van der Waals surface area (Å²) in [6.07, 6.45) is 0. The normalized spacial score (nSPS) is 14.2. The van der Waals surface area contributed by atoms with E-state index in [1.807, 2.05) is 72.8 Å². The lowest BCUT2D eigenvalue weighted by atomic mass is 10.1. The summed E-state index contributed by atoms with van der Waals surface area (Å²) in [5.74, 6) is 0. The molecule has 0 atom stereocenters. The minimum absolute atomic E-state index is 0.154. The summed E-state index contributed by atoms with van der Waals surface area (Å²) in [6, 6.07) is 24.5. The van der Waals surface area contributed by atoms with Crippen molar-refractivity contribution < 1.29 is 9.60 Å². The second-order valence-corrected chi connectivity index (χ2v) is 7.44. The van der Waals surface area contributed by atoms with Gasteiger partial charge in [0.25, 0.3) is 0 Å². The molecule has 152 valence electrons. The van der Waals surface area contributed by atoms with E-state index in [0.717, 1.165) is 11.1 Å². The zero-order valence-electron chi connectivity index (χ0n) is 24.0. The summed E-state index contributed by atoms with van der Waals surface area (Å²) < 4.78 is 61.9. The molecular weight excluding hydrogens is 388 g/mol. The van der Waals surface area contributed by atoms with E-state index in [1.54, 1.807) is 16.7 Å². The maximum Gasteiger partial charge on any atom is 0.0776 e. The van der Waals surface area contributed by atoms with Crippen molar-refractivity contribution in [1.29, 1.82) is 0 Å². The molecule has 0 amide bonds. The largest absolute Gasteiger partial charge is 0.354 e. The van der Waals surface area contributed by atoms with Crippen molar-refractivity contribution in [1.82, 2.24) is 4.57 Å². The van der Waals surface area contributed by atoms with Crippen molar-refractivity contribution >= 4 is 33.2 Å². The van der Waals surface area contributed by atoms with Crippen LogP contribution in [0.1, 0.15) is 9.60 Å². The fourth-order valence-electron chi connectivity index (χ4n) is 4.02. The Morgan fingerprint density at radius 3 is 2.03 bits per heavy atom. The number of nitrogens with one attached hydrogen (secondary N) is 1. The summed E-state index contributed by atoms with van der Waals surface area (Å²) in [5, 5.41) is 3.63. The second-order valence-electron chi connectivity index (χ2n) is 7.44. The van der Waals surface area contributed by atoms with Crippen molar-refractivity contribution in [3.8, 4) is 16.8 Å². The second kappa shape index (κ2) is 7.75. The molecule has 0 bridgehead atoms. The van der Waals surface area contributed by atoms with E-state index in [0.29, 0.717) is 16.9 Å². The smallest absolute Gasteiger partial charge is 0.0776 e. The van der Waals surface area contributed by atoms with Gasteiger partial charge in [0.2, 0.25) is 0 Å². The molecular formula is C30H22N2. The number of aromatic nitrogens is 1. The van der Waals surface area contributed by atoms with E-state index < -0.39 is 6.04 Å². The van der Waals surface area contributed by atoms with Crippen LogP contribution in [0.4, 0.5) is 11.4 Å². The zero-order valence-corrected chi connectivity index (χ0v) is 17.0. The van der Waals surface area contributed by atoms with Crippen LogP contribution in [0.2, 0.25) is 0 Å². The molecule has 0 fully saturated rings. The summed E-state index contributed by atoms with van der Waals surface area (Å²) in [5.41, 5.74) is 4.14. The average molecular weight is 418 g/mol. The van der Waals surface area contributed by atoms with Crippen LogP contribution in [0, 0.1) is 0 Å². The molecule has 0 aliphatic rings. The van der Waals surface area contributed by atoms with Crippen LogP contribution in [0.5, 0.6) is 0 Å². The number of rotatable bonds is 4. The molecule has 5 aromatic carbocycles. The Hall–Kier alpha value is -4.30. The van der Waals surface area contributed by atoms with Gasteiger partial charge in [0.15, 0.2) is 0 Å². The maximum absolute atomic E-state index is 8.82. The molecule has 2 nitrogen and oxygen atoms in total. The topological polar surface area (TPSA) is 17.0 Å². The zero-order chi connectivity index (χ0) is 27.4. The third kappa shape index (κ3) is 3.14. The minimum atomic E-state index is -0.411. The van der Waals surface area contributed by atoms with Crippen LogP contribution in [-0.2, 0) is 0 Å². The number of fused-ring (bicyclic) bond motifs is 3. The van der Waals surface area contributed by atoms with E-state index in [-0.39, 0.29) is 58.2 Å². The number of hydrogen-bond acceptors (Lipinski definition) is 1. The molecule has 0 unspecified atom stereocenters. The summed E-state index contributed by atoms with van der Waals surface area (Å²) >= 11 is 0. The van der Waals surface area contributed by atoms with Gasteiger partial charge in [0.05, 0.1) is 26.3 Å². The van der Waals surface area contributed by atoms with Crippen LogP contribution in [-0.4, -0.2) is 4.57 Å². The van der Waals surface area contributed by atoms with E-state index in [1.165, 1.54) is 0 Å². The van der Waals surface area contributed by atoms with E-state index >= 15 is 0 Å². The van der Waals surface area contributed by atoms with Crippen molar-refractivity contribution in [3.63, 3.8) is 0 Å². The van der Waals surface area contributed by atoms with Crippen molar-refractivity contribution in [3.05, 3.63) is 127 Å². The predicted octanol–water partition coefficient (Wildman–Crippen LogP) is 8.19. The van der Waals surface area contributed by atoms with E-state index in [9.17, 15) is 0 Å².